The molecule has 40 heavy (non-hydrogen) atoms. The fourth-order valence-electron chi connectivity index (χ4n) is 4.09. The average molecular weight is 549 g/mol. The highest BCUT2D eigenvalue weighted by Crippen LogP contribution is 2.30. The van der Waals surface area contributed by atoms with E-state index >= 15 is 0 Å². The number of carbonyl (C=O) groups excluding carboxylic acids is 1. The van der Waals surface area contributed by atoms with E-state index in [9.17, 15) is 27.2 Å². The summed E-state index contributed by atoms with van der Waals surface area (Å²) >= 11 is 0. The molecule has 0 bridgehead atoms. The number of anilines is 3. The van der Waals surface area contributed by atoms with Gasteiger partial charge in [0, 0.05) is 28.8 Å². The lowest BCUT2D eigenvalue weighted by atomic mass is 10.1. The Kier molecular flexibility index (Phi) is 6.76. The van der Waals surface area contributed by atoms with Gasteiger partial charge in [-0.2, -0.15) is 23.1 Å². The van der Waals surface area contributed by atoms with E-state index in [4.69, 9.17) is 0 Å². The molecule has 12 heteroatoms. The molecule has 0 aliphatic heterocycles. The zero-order chi connectivity index (χ0) is 28.6. The lowest BCUT2D eigenvalue weighted by molar-refractivity contribution is -0.137. The lowest BCUT2D eigenvalue weighted by Crippen LogP contribution is -2.25. The molecule has 0 saturated heterocycles. The number of hydrogen-bond acceptors (Lipinski definition) is 6. The van der Waals surface area contributed by atoms with Crippen molar-refractivity contribution in [2.75, 3.05) is 10.6 Å². The van der Waals surface area contributed by atoms with Gasteiger partial charge in [0.15, 0.2) is 5.65 Å². The largest absolute Gasteiger partial charge is 0.416 e. The van der Waals surface area contributed by atoms with Crippen molar-refractivity contribution in [3.8, 4) is 5.69 Å². The number of benzene rings is 3. The van der Waals surface area contributed by atoms with Gasteiger partial charge in [0.2, 0.25) is 5.95 Å². The van der Waals surface area contributed by atoms with Crippen molar-refractivity contribution in [3.63, 3.8) is 0 Å². The summed E-state index contributed by atoms with van der Waals surface area (Å²) in [6.45, 7) is 3.45. The van der Waals surface area contributed by atoms with E-state index in [1.807, 2.05) is 0 Å². The molecule has 2 N–H and O–H groups in total. The minimum Gasteiger partial charge on any atom is -0.324 e. The van der Waals surface area contributed by atoms with Crippen LogP contribution in [0.25, 0.3) is 16.7 Å². The third kappa shape index (κ3) is 5.37. The van der Waals surface area contributed by atoms with Crippen LogP contribution < -0.4 is 16.3 Å². The molecule has 0 saturated carbocycles. The van der Waals surface area contributed by atoms with Gasteiger partial charge in [-0.3, -0.25) is 9.36 Å². The number of amides is 1. The zero-order valence-corrected chi connectivity index (χ0v) is 21.0. The minimum absolute atomic E-state index is 0.144. The lowest BCUT2D eigenvalue weighted by Gasteiger charge is -2.16. The summed E-state index contributed by atoms with van der Waals surface area (Å²) in [5.74, 6) is -0.966. The van der Waals surface area contributed by atoms with Gasteiger partial charge < -0.3 is 10.6 Å². The Hall–Kier alpha value is -5.13. The van der Waals surface area contributed by atoms with Crippen LogP contribution in [0.2, 0.25) is 0 Å². The number of nitrogens with zero attached hydrogens (tertiary/aromatic N) is 4. The number of fused-ring (bicyclic) bond motifs is 1. The number of halogens is 4. The van der Waals surface area contributed by atoms with Crippen molar-refractivity contribution in [3.05, 3.63) is 112 Å². The molecule has 5 rings (SSSR count). The molecule has 0 aliphatic rings. The van der Waals surface area contributed by atoms with Crippen molar-refractivity contribution >= 4 is 34.3 Å². The van der Waals surface area contributed by atoms with E-state index in [2.05, 4.69) is 25.6 Å². The van der Waals surface area contributed by atoms with Crippen molar-refractivity contribution < 1.29 is 22.4 Å². The van der Waals surface area contributed by atoms with Crippen LogP contribution in [0.1, 0.15) is 27.2 Å². The molecule has 0 radical (unpaired) electrons. The minimum atomic E-state index is -4.59. The first-order chi connectivity index (χ1) is 19.0. The number of aromatic nitrogens is 4. The molecular weight excluding hydrogens is 528 g/mol. The molecule has 3 aromatic carbocycles. The molecule has 0 atom stereocenters. The molecule has 0 unspecified atom stereocenters. The van der Waals surface area contributed by atoms with Crippen LogP contribution in [-0.2, 0) is 6.18 Å². The average Bonchev–Trinajstić information content (AvgIpc) is 2.91. The number of hydrogen-bond donors (Lipinski definition) is 2. The second-order valence-corrected chi connectivity index (χ2v) is 8.91. The van der Waals surface area contributed by atoms with Gasteiger partial charge in [0.05, 0.1) is 16.6 Å². The number of alkyl halides is 3. The Morgan fingerprint density at radius 2 is 1.65 bits per heavy atom. The highest BCUT2D eigenvalue weighted by atomic mass is 19.4. The second-order valence-electron chi connectivity index (χ2n) is 8.91. The Labute approximate surface area is 224 Å². The van der Waals surface area contributed by atoms with Crippen LogP contribution in [-0.4, -0.2) is 25.4 Å². The first-order valence-corrected chi connectivity index (χ1v) is 11.9. The molecule has 2 aromatic heterocycles. The molecule has 0 spiro atoms. The molecule has 5 aromatic rings. The predicted molar refractivity (Wildman–Crippen MR) is 141 cm³/mol. The fourth-order valence-corrected chi connectivity index (χ4v) is 4.09. The quantitative estimate of drug-likeness (QED) is 0.264. The van der Waals surface area contributed by atoms with Crippen LogP contribution in [0.4, 0.5) is 34.9 Å². The van der Waals surface area contributed by atoms with E-state index in [1.54, 1.807) is 26.0 Å². The van der Waals surface area contributed by atoms with Crippen LogP contribution in [0.15, 0.2) is 77.7 Å². The maximum atomic E-state index is 13.2. The monoisotopic (exact) mass is 548 g/mol. The van der Waals surface area contributed by atoms with Crippen LogP contribution >= 0.6 is 0 Å². The molecule has 1 amide bonds. The summed E-state index contributed by atoms with van der Waals surface area (Å²) in [7, 11) is 0. The van der Waals surface area contributed by atoms with Crippen molar-refractivity contribution in [1.29, 1.82) is 0 Å². The van der Waals surface area contributed by atoms with E-state index in [1.165, 1.54) is 47.2 Å². The first-order valence-electron chi connectivity index (χ1n) is 11.9. The van der Waals surface area contributed by atoms with Crippen molar-refractivity contribution in [2.24, 2.45) is 0 Å². The molecule has 0 fully saturated rings. The van der Waals surface area contributed by atoms with Crippen LogP contribution in [0, 0.1) is 19.7 Å². The normalized spacial score (nSPS) is 11.4. The highest BCUT2D eigenvalue weighted by Gasteiger charge is 2.31. The van der Waals surface area contributed by atoms with E-state index in [-0.39, 0.29) is 22.8 Å². The molecule has 2 heterocycles. The summed E-state index contributed by atoms with van der Waals surface area (Å²) in [6.07, 6.45) is -3.09. The molecule has 8 nitrogen and oxygen atoms in total. The summed E-state index contributed by atoms with van der Waals surface area (Å²) in [4.78, 5) is 38.5. The Bertz CT molecular complexity index is 1820. The van der Waals surface area contributed by atoms with E-state index in [0.717, 1.165) is 18.2 Å². The summed E-state index contributed by atoms with van der Waals surface area (Å²) in [5, 5.41) is 6.00. The fraction of sp³-hybridized carbons (Fsp3) is 0.107. The van der Waals surface area contributed by atoms with Gasteiger partial charge in [-0.05, 0) is 74.0 Å². The van der Waals surface area contributed by atoms with E-state index < -0.39 is 29.2 Å². The highest BCUT2D eigenvalue weighted by molar-refractivity contribution is 6.04. The van der Waals surface area contributed by atoms with Crippen LogP contribution in [0.3, 0.4) is 0 Å². The third-order valence-electron chi connectivity index (χ3n) is 6.15. The number of rotatable bonds is 5. The van der Waals surface area contributed by atoms with Gasteiger partial charge in [-0.15, -0.1) is 0 Å². The molecular formula is C28H20F4N6O2. The summed E-state index contributed by atoms with van der Waals surface area (Å²) in [5.41, 5.74) is 0.784. The standard InChI is InChI=1S/C28H20F4N6O2/c1-15-6-9-21(34-25(39)17-4-3-5-18(12-17)28(30,31)32)13-23(15)38-16(2)22-14-33-26(36-24(22)37-27(38)40)35-20-10-7-19(29)8-11-20/h3-14H,1-2H3,(H,34,39)(H,35,36,37,40). The van der Waals surface area contributed by atoms with Crippen molar-refractivity contribution in [2.45, 2.75) is 20.0 Å². The SMILES string of the molecule is Cc1ccc(NC(=O)c2cccc(C(F)(F)F)c2)cc1-n1c(C)c2cnc(Nc3ccc(F)cc3)nc2nc1=O. The molecule has 202 valence electrons. The van der Waals surface area contributed by atoms with Crippen LogP contribution in [0.5, 0.6) is 0 Å². The van der Waals surface area contributed by atoms with Gasteiger partial charge in [-0.25, -0.2) is 14.2 Å². The number of carbonyl (C=O) groups is 1. The van der Waals surface area contributed by atoms with Gasteiger partial charge >= 0.3 is 11.9 Å². The number of aryl methyl sites for hydroxylation is 2. The summed E-state index contributed by atoms with van der Waals surface area (Å²) in [6, 6.07) is 14.5. The number of nitrogens with one attached hydrogen (secondary N) is 2. The maximum Gasteiger partial charge on any atom is 0.416 e. The Morgan fingerprint density at radius 3 is 2.38 bits per heavy atom. The van der Waals surface area contributed by atoms with E-state index in [0.29, 0.717) is 28.0 Å². The predicted octanol–water partition coefficient (Wildman–Crippen LogP) is 5.95. The Morgan fingerprint density at radius 1 is 0.925 bits per heavy atom. The molecule has 0 aliphatic carbocycles. The smallest absolute Gasteiger partial charge is 0.324 e. The topological polar surface area (TPSA) is 102 Å². The van der Waals surface area contributed by atoms with Gasteiger partial charge in [-0.1, -0.05) is 12.1 Å². The van der Waals surface area contributed by atoms with Gasteiger partial charge in [0.25, 0.3) is 5.91 Å². The Balaban J connectivity index is 1.47. The first kappa shape index (κ1) is 26.5. The van der Waals surface area contributed by atoms with Crippen molar-refractivity contribution in [1.82, 2.24) is 19.5 Å². The second kappa shape index (κ2) is 10.2. The third-order valence-corrected chi connectivity index (χ3v) is 6.15. The summed E-state index contributed by atoms with van der Waals surface area (Å²) < 4.78 is 53.7. The maximum absolute atomic E-state index is 13.2. The zero-order valence-electron chi connectivity index (χ0n) is 21.0. The van der Waals surface area contributed by atoms with Gasteiger partial charge in [0.1, 0.15) is 5.82 Å².